The summed E-state index contributed by atoms with van der Waals surface area (Å²) in [6, 6.07) is 8.13. The first-order valence-corrected chi connectivity index (χ1v) is 6.58. The van der Waals surface area contributed by atoms with E-state index >= 15 is 0 Å². The van der Waals surface area contributed by atoms with Crippen molar-refractivity contribution in [1.29, 1.82) is 0 Å². The predicted octanol–water partition coefficient (Wildman–Crippen LogP) is 2.78. The second-order valence-electron chi connectivity index (χ2n) is 4.37. The molecule has 1 saturated heterocycles. The van der Waals surface area contributed by atoms with Crippen LogP contribution >= 0.6 is 11.3 Å². The summed E-state index contributed by atoms with van der Waals surface area (Å²) in [7, 11) is 0. The highest BCUT2D eigenvalue weighted by atomic mass is 32.1. The number of aliphatic carboxylic acids is 1. The first kappa shape index (κ1) is 10.7. The van der Waals surface area contributed by atoms with Crippen molar-refractivity contribution in [2.24, 2.45) is 0 Å². The standard InChI is InChI=1S/C13H13NO2S/c15-13(16)11-5-4-10(14-11)9-3-1-2-8-6-7-17-12(8)9/h1-3,6-7,10-11,14H,4-5H2,(H,15,16). The zero-order chi connectivity index (χ0) is 11.8. The number of fused-ring (bicyclic) bond motifs is 1. The van der Waals surface area contributed by atoms with Crippen molar-refractivity contribution in [2.45, 2.75) is 24.9 Å². The molecule has 0 bridgehead atoms. The minimum absolute atomic E-state index is 0.179. The van der Waals surface area contributed by atoms with Crippen molar-refractivity contribution in [3.63, 3.8) is 0 Å². The summed E-state index contributed by atoms with van der Waals surface area (Å²) in [4.78, 5) is 10.9. The maximum absolute atomic E-state index is 10.9. The van der Waals surface area contributed by atoms with Crippen LogP contribution in [0.1, 0.15) is 24.4 Å². The molecular weight excluding hydrogens is 234 g/mol. The lowest BCUT2D eigenvalue weighted by Crippen LogP contribution is -2.31. The molecule has 2 unspecified atom stereocenters. The number of benzene rings is 1. The van der Waals surface area contributed by atoms with E-state index in [1.807, 2.05) is 6.07 Å². The summed E-state index contributed by atoms with van der Waals surface area (Å²) in [5, 5.41) is 15.5. The minimum Gasteiger partial charge on any atom is -0.480 e. The van der Waals surface area contributed by atoms with Gasteiger partial charge in [0, 0.05) is 10.7 Å². The maximum Gasteiger partial charge on any atom is 0.320 e. The third-order valence-electron chi connectivity index (χ3n) is 3.33. The van der Waals surface area contributed by atoms with Crippen LogP contribution in [0, 0.1) is 0 Å². The highest BCUT2D eigenvalue weighted by Gasteiger charge is 2.30. The molecule has 3 rings (SSSR count). The highest BCUT2D eigenvalue weighted by Crippen LogP contribution is 2.34. The Morgan fingerprint density at radius 1 is 1.35 bits per heavy atom. The molecule has 4 heteroatoms. The molecule has 2 N–H and O–H groups in total. The Kier molecular flexibility index (Phi) is 2.61. The summed E-state index contributed by atoms with van der Waals surface area (Å²) in [6.45, 7) is 0. The van der Waals surface area contributed by atoms with Crippen LogP contribution in [0.15, 0.2) is 29.6 Å². The van der Waals surface area contributed by atoms with Gasteiger partial charge < -0.3 is 5.11 Å². The van der Waals surface area contributed by atoms with E-state index in [0.29, 0.717) is 6.42 Å². The zero-order valence-electron chi connectivity index (χ0n) is 9.22. The molecule has 2 atom stereocenters. The minimum atomic E-state index is -0.745. The normalized spacial score (nSPS) is 24.2. The first-order chi connectivity index (χ1) is 8.25. The molecule has 1 aromatic carbocycles. The van der Waals surface area contributed by atoms with Crippen LogP contribution in [0.3, 0.4) is 0 Å². The van der Waals surface area contributed by atoms with Gasteiger partial charge in [-0.3, -0.25) is 10.1 Å². The lowest BCUT2D eigenvalue weighted by molar-refractivity contribution is -0.139. The Hall–Kier alpha value is -1.39. The monoisotopic (exact) mass is 247 g/mol. The maximum atomic E-state index is 10.9. The number of carboxylic acid groups (broad SMARTS) is 1. The Labute approximate surface area is 103 Å². The lowest BCUT2D eigenvalue weighted by atomic mass is 10.0. The third-order valence-corrected chi connectivity index (χ3v) is 4.31. The predicted molar refractivity (Wildman–Crippen MR) is 68.4 cm³/mol. The van der Waals surface area contributed by atoms with E-state index in [0.717, 1.165) is 6.42 Å². The summed E-state index contributed by atoms with van der Waals surface area (Å²) in [5.74, 6) is -0.745. The molecular formula is C13H13NO2S. The fourth-order valence-corrected chi connectivity index (χ4v) is 3.44. The van der Waals surface area contributed by atoms with Crippen LogP contribution in [0.4, 0.5) is 0 Å². The van der Waals surface area contributed by atoms with Gasteiger partial charge in [0.05, 0.1) is 0 Å². The molecule has 1 aliphatic rings. The van der Waals surface area contributed by atoms with E-state index < -0.39 is 12.0 Å². The van der Waals surface area contributed by atoms with E-state index in [-0.39, 0.29) is 6.04 Å². The van der Waals surface area contributed by atoms with Crippen LogP contribution < -0.4 is 5.32 Å². The van der Waals surface area contributed by atoms with Crippen molar-refractivity contribution < 1.29 is 9.90 Å². The number of carboxylic acids is 1. The van der Waals surface area contributed by atoms with E-state index in [9.17, 15) is 4.79 Å². The van der Waals surface area contributed by atoms with Gasteiger partial charge in [0.1, 0.15) is 6.04 Å². The van der Waals surface area contributed by atoms with Gasteiger partial charge in [-0.15, -0.1) is 11.3 Å². The molecule has 0 aliphatic carbocycles. The van der Waals surface area contributed by atoms with E-state index in [2.05, 4.69) is 28.9 Å². The highest BCUT2D eigenvalue weighted by molar-refractivity contribution is 7.17. The summed E-state index contributed by atoms with van der Waals surface area (Å²) < 4.78 is 1.27. The van der Waals surface area contributed by atoms with Crippen LogP contribution in [0.25, 0.3) is 10.1 Å². The SMILES string of the molecule is O=C(O)C1CCC(c2cccc3ccsc23)N1. The van der Waals surface area contributed by atoms with Crippen molar-refractivity contribution in [1.82, 2.24) is 5.32 Å². The summed E-state index contributed by atoms with van der Waals surface area (Å²) >= 11 is 1.72. The van der Waals surface area contributed by atoms with Crippen LogP contribution in [-0.4, -0.2) is 17.1 Å². The lowest BCUT2D eigenvalue weighted by Gasteiger charge is -2.13. The molecule has 0 spiro atoms. The molecule has 88 valence electrons. The van der Waals surface area contributed by atoms with Crippen LogP contribution in [-0.2, 0) is 4.79 Å². The quantitative estimate of drug-likeness (QED) is 0.858. The Bertz CT molecular complexity index is 563. The van der Waals surface area contributed by atoms with E-state index in [1.165, 1.54) is 15.6 Å². The van der Waals surface area contributed by atoms with E-state index in [4.69, 9.17) is 5.11 Å². The molecule has 0 radical (unpaired) electrons. The second-order valence-corrected chi connectivity index (χ2v) is 5.29. The smallest absolute Gasteiger partial charge is 0.320 e. The van der Waals surface area contributed by atoms with E-state index in [1.54, 1.807) is 11.3 Å². The fourth-order valence-electron chi connectivity index (χ4n) is 2.47. The number of thiophene rings is 1. The van der Waals surface area contributed by atoms with Crippen molar-refractivity contribution in [3.05, 3.63) is 35.2 Å². The zero-order valence-corrected chi connectivity index (χ0v) is 10.0. The topological polar surface area (TPSA) is 49.3 Å². The molecule has 3 nitrogen and oxygen atoms in total. The molecule has 0 amide bonds. The van der Waals surface area contributed by atoms with Gasteiger partial charge in [0.25, 0.3) is 0 Å². The number of hydrogen-bond donors (Lipinski definition) is 2. The van der Waals surface area contributed by atoms with Gasteiger partial charge in [0.15, 0.2) is 0 Å². The average Bonchev–Trinajstić information content (AvgIpc) is 2.97. The number of hydrogen-bond acceptors (Lipinski definition) is 3. The van der Waals surface area contributed by atoms with Gasteiger partial charge >= 0.3 is 5.97 Å². The molecule has 17 heavy (non-hydrogen) atoms. The van der Waals surface area contributed by atoms with Crippen molar-refractivity contribution in [2.75, 3.05) is 0 Å². The molecule has 2 aromatic rings. The second kappa shape index (κ2) is 4.13. The Morgan fingerprint density at radius 2 is 2.24 bits per heavy atom. The fraction of sp³-hybridized carbons (Fsp3) is 0.308. The van der Waals surface area contributed by atoms with Gasteiger partial charge in [-0.2, -0.15) is 0 Å². The average molecular weight is 247 g/mol. The molecule has 1 fully saturated rings. The first-order valence-electron chi connectivity index (χ1n) is 5.70. The molecule has 2 heterocycles. The third kappa shape index (κ3) is 1.83. The molecule has 1 aromatic heterocycles. The number of carbonyl (C=O) groups is 1. The largest absolute Gasteiger partial charge is 0.480 e. The summed E-state index contributed by atoms with van der Waals surface area (Å²) in [5.41, 5.74) is 1.24. The van der Waals surface area contributed by atoms with Gasteiger partial charge in [-0.05, 0) is 35.2 Å². The Balaban J connectivity index is 1.95. The molecule has 1 aliphatic heterocycles. The Morgan fingerprint density at radius 3 is 3.00 bits per heavy atom. The van der Waals surface area contributed by atoms with Gasteiger partial charge in [-0.25, -0.2) is 0 Å². The number of rotatable bonds is 2. The van der Waals surface area contributed by atoms with Crippen molar-refractivity contribution in [3.8, 4) is 0 Å². The van der Waals surface area contributed by atoms with Gasteiger partial charge in [-0.1, -0.05) is 18.2 Å². The van der Waals surface area contributed by atoms with Gasteiger partial charge in [0.2, 0.25) is 0 Å². The summed E-state index contributed by atoms with van der Waals surface area (Å²) in [6.07, 6.45) is 1.61. The number of nitrogens with one attached hydrogen (secondary N) is 1. The van der Waals surface area contributed by atoms with Crippen molar-refractivity contribution >= 4 is 27.4 Å². The van der Waals surface area contributed by atoms with Crippen LogP contribution in [0.2, 0.25) is 0 Å². The van der Waals surface area contributed by atoms with Crippen LogP contribution in [0.5, 0.6) is 0 Å². The molecule has 0 saturated carbocycles.